The molecule has 0 aliphatic heterocycles. The molecule has 0 N–H and O–H groups in total. The van der Waals surface area contributed by atoms with E-state index in [9.17, 15) is 10.1 Å². The van der Waals surface area contributed by atoms with Crippen LogP contribution in [0.4, 0.5) is 0 Å². The Kier molecular flexibility index (Phi) is 4.27. The van der Waals surface area contributed by atoms with Gasteiger partial charge in [0.25, 0.3) is 0 Å². The smallest absolute Gasteiger partial charge is 0.360 e. The minimum Gasteiger partial charge on any atom is -0.442 e. The lowest BCUT2D eigenvalue weighted by Crippen LogP contribution is -2.20. The average Bonchev–Trinajstić information content (AvgIpc) is 3.45. The number of fused-ring (bicyclic) bond motifs is 1. The predicted octanol–water partition coefficient (Wildman–Crippen LogP) is 3.60. The lowest BCUT2D eigenvalue weighted by Gasteiger charge is -2.09. The van der Waals surface area contributed by atoms with Gasteiger partial charge in [0.05, 0.1) is 5.69 Å². The number of nitriles is 1. The lowest BCUT2D eigenvalue weighted by atomic mass is 10.1. The van der Waals surface area contributed by atoms with Crippen LogP contribution < -0.4 is 0 Å². The molecule has 0 bridgehead atoms. The van der Waals surface area contributed by atoms with Gasteiger partial charge in [-0.1, -0.05) is 24.6 Å². The molecule has 2 aliphatic carbocycles. The number of esters is 1. The van der Waals surface area contributed by atoms with E-state index < -0.39 is 12.1 Å². The first kappa shape index (κ1) is 15.9. The van der Waals surface area contributed by atoms with E-state index in [0.29, 0.717) is 5.69 Å². The first-order chi connectivity index (χ1) is 12.3. The standard InChI is InChI=1S/C20H21N3O2/c21-13-18(14-11-12-14)25-20(24)19-16-9-5-2-6-10-17(16)23(22-19)15-7-3-1-4-8-15/h1,3-4,7-8,14,18H,2,5-6,9-12H2/t18-/m1/s1. The molecular weight excluding hydrogens is 314 g/mol. The number of para-hydroxylation sites is 1. The summed E-state index contributed by atoms with van der Waals surface area (Å²) >= 11 is 0. The molecule has 0 radical (unpaired) electrons. The number of hydrogen-bond donors (Lipinski definition) is 0. The highest BCUT2D eigenvalue weighted by Gasteiger charge is 2.36. The third kappa shape index (κ3) is 3.17. The zero-order chi connectivity index (χ0) is 17.2. The first-order valence-electron chi connectivity index (χ1n) is 9.04. The number of carbonyl (C=O) groups excluding carboxylic acids is 1. The number of benzene rings is 1. The summed E-state index contributed by atoms with van der Waals surface area (Å²) in [5.74, 6) is -0.255. The normalized spacial score (nSPS) is 17.9. The fourth-order valence-electron chi connectivity index (χ4n) is 3.52. The van der Waals surface area contributed by atoms with Crippen LogP contribution in [0.1, 0.15) is 53.8 Å². The molecule has 1 aromatic heterocycles. The molecule has 0 unspecified atom stereocenters. The largest absolute Gasteiger partial charge is 0.442 e. The number of rotatable bonds is 4. The van der Waals surface area contributed by atoms with Crippen LogP contribution in [0, 0.1) is 17.2 Å². The fourth-order valence-corrected chi connectivity index (χ4v) is 3.52. The maximum atomic E-state index is 12.7. The molecule has 1 atom stereocenters. The number of hydrogen-bond acceptors (Lipinski definition) is 4. The van der Waals surface area contributed by atoms with Gasteiger partial charge in [0.15, 0.2) is 11.8 Å². The van der Waals surface area contributed by atoms with Crippen molar-refractivity contribution in [2.45, 2.75) is 51.0 Å². The molecule has 25 heavy (non-hydrogen) atoms. The average molecular weight is 335 g/mol. The van der Waals surface area contributed by atoms with Crippen LogP contribution in [-0.2, 0) is 17.6 Å². The second-order valence-electron chi connectivity index (χ2n) is 6.87. The SMILES string of the molecule is N#C[C@@H](OC(=O)c1nn(-c2ccccc2)c2c1CCCCC2)C1CC1. The Morgan fingerprint density at radius 1 is 1.20 bits per heavy atom. The van der Waals surface area contributed by atoms with Crippen molar-refractivity contribution in [2.75, 3.05) is 0 Å². The molecular formula is C20H21N3O2. The van der Waals surface area contributed by atoms with Crippen molar-refractivity contribution >= 4 is 5.97 Å². The third-order valence-electron chi connectivity index (χ3n) is 5.04. The molecule has 2 aromatic rings. The zero-order valence-corrected chi connectivity index (χ0v) is 14.1. The summed E-state index contributed by atoms with van der Waals surface area (Å²) in [4.78, 5) is 12.7. The van der Waals surface area contributed by atoms with Crippen LogP contribution in [0.3, 0.4) is 0 Å². The summed E-state index contributed by atoms with van der Waals surface area (Å²) < 4.78 is 7.37. The molecule has 0 amide bonds. The maximum Gasteiger partial charge on any atom is 0.360 e. The monoisotopic (exact) mass is 335 g/mol. The van der Waals surface area contributed by atoms with E-state index in [1.807, 2.05) is 35.0 Å². The predicted molar refractivity (Wildman–Crippen MR) is 92.4 cm³/mol. The van der Waals surface area contributed by atoms with Gasteiger partial charge in [-0.05, 0) is 50.7 Å². The molecule has 128 valence electrons. The highest BCUT2D eigenvalue weighted by molar-refractivity contribution is 5.89. The highest BCUT2D eigenvalue weighted by Crippen LogP contribution is 2.35. The lowest BCUT2D eigenvalue weighted by molar-refractivity contribution is 0.0361. The van der Waals surface area contributed by atoms with Crippen LogP contribution in [0.2, 0.25) is 0 Å². The highest BCUT2D eigenvalue weighted by atomic mass is 16.5. The van der Waals surface area contributed by atoms with Gasteiger partial charge in [0.2, 0.25) is 0 Å². The van der Waals surface area contributed by atoms with Gasteiger partial charge in [-0.15, -0.1) is 0 Å². The topological polar surface area (TPSA) is 67.9 Å². The third-order valence-corrected chi connectivity index (χ3v) is 5.04. The van der Waals surface area contributed by atoms with Gasteiger partial charge in [0.1, 0.15) is 6.07 Å². The van der Waals surface area contributed by atoms with Gasteiger partial charge in [-0.2, -0.15) is 10.4 Å². The summed E-state index contributed by atoms with van der Waals surface area (Å²) in [6.07, 6.45) is 6.34. The first-order valence-corrected chi connectivity index (χ1v) is 9.04. The summed E-state index contributed by atoms with van der Waals surface area (Å²) in [6.45, 7) is 0. The van der Waals surface area contributed by atoms with E-state index in [-0.39, 0.29) is 5.92 Å². The molecule has 1 saturated carbocycles. The molecule has 4 rings (SSSR count). The van der Waals surface area contributed by atoms with Gasteiger partial charge in [-0.25, -0.2) is 9.48 Å². The zero-order valence-electron chi connectivity index (χ0n) is 14.1. The van der Waals surface area contributed by atoms with Crippen molar-refractivity contribution < 1.29 is 9.53 Å². The van der Waals surface area contributed by atoms with E-state index in [1.54, 1.807) is 0 Å². The van der Waals surface area contributed by atoms with Gasteiger partial charge in [-0.3, -0.25) is 0 Å². The van der Waals surface area contributed by atoms with E-state index in [4.69, 9.17) is 4.74 Å². The summed E-state index contributed by atoms with van der Waals surface area (Å²) in [5.41, 5.74) is 3.45. The van der Waals surface area contributed by atoms with E-state index in [2.05, 4.69) is 11.2 Å². The minimum absolute atomic E-state index is 0.198. The molecule has 1 heterocycles. The quantitative estimate of drug-likeness (QED) is 0.632. The van der Waals surface area contributed by atoms with Crippen LogP contribution in [-0.4, -0.2) is 21.9 Å². The number of nitrogens with zero attached hydrogens (tertiary/aromatic N) is 3. The molecule has 5 heteroatoms. The van der Waals surface area contributed by atoms with Crippen LogP contribution in [0.15, 0.2) is 30.3 Å². The summed E-state index contributed by atoms with van der Waals surface area (Å²) in [5, 5.41) is 13.8. The van der Waals surface area contributed by atoms with Gasteiger partial charge >= 0.3 is 5.97 Å². The number of carbonyl (C=O) groups is 1. The van der Waals surface area contributed by atoms with Crippen molar-refractivity contribution in [3.8, 4) is 11.8 Å². The van der Waals surface area contributed by atoms with Crippen molar-refractivity contribution in [3.63, 3.8) is 0 Å². The molecule has 2 aliphatic rings. The molecule has 1 fully saturated rings. The van der Waals surface area contributed by atoms with Crippen LogP contribution in [0.5, 0.6) is 0 Å². The Balaban J connectivity index is 1.71. The summed E-state index contributed by atoms with van der Waals surface area (Å²) in [7, 11) is 0. The van der Waals surface area contributed by atoms with Crippen molar-refractivity contribution in [3.05, 3.63) is 47.3 Å². The Labute approximate surface area is 147 Å². The molecule has 1 aromatic carbocycles. The van der Waals surface area contributed by atoms with Crippen LogP contribution >= 0.6 is 0 Å². The van der Waals surface area contributed by atoms with Crippen molar-refractivity contribution in [1.29, 1.82) is 5.26 Å². The second-order valence-corrected chi connectivity index (χ2v) is 6.87. The second kappa shape index (κ2) is 6.72. The Morgan fingerprint density at radius 3 is 2.68 bits per heavy atom. The maximum absolute atomic E-state index is 12.7. The minimum atomic E-state index is -0.643. The van der Waals surface area contributed by atoms with Crippen molar-refractivity contribution in [2.24, 2.45) is 5.92 Å². The fraction of sp³-hybridized carbons (Fsp3) is 0.450. The Bertz CT molecular complexity index is 815. The Morgan fingerprint density at radius 2 is 1.96 bits per heavy atom. The van der Waals surface area contributed by atoms with Gasteiger partial charge in [0, 0.05) is 17.2 Å². The van der Waals surface area contributed by atoms with E-state index in [0.717, 1.165) is 61.9 Å². The Hall–Kier alpha value is -2.61. The van der Waals surface area contributed by atoms with E-state index >= 15 is 0 Å². The summed E-state index contributed by atoms with van der Waals surface area (Å²) in [6, 6.07) is 12.0. The van der Waals surface area contributed by atoms with Crippen molar-refractivity contribution in [1.82, 2.24) is 9.78 Å². The molecule has 0 spiro atoms. The number of aromatic nitrogens is 2. The molecule has 5 nitrogen and oxygen atoms in total. The van der Waals surface area contributed by atoms with Gasteiger partial charge < -0.3 is 4.74 Å². The molecule has 0 saturated heterocycles. The van der Waals surface area contributed by atoms with Crippen LogP contribution in [0.25, 0.3) is 5.69 Å². The number of ether oxygens (including phenoxy) is 1. The van der Waals surface area contributed by atoms with E-state index in [1.165, 1.54) is 0 Å².